The molecular weight excluding hydrogens is 336 g/mol. The molecule has 4 saturated carbocycles. The predicted octanol–water partition coefficient (Wildman–Crippen LogP) is 2.58. The van der Waals surface area contributed by atoms with Gasteiger partial charge in [0, 0.05) is 6.07 Å². The average Bonchev–Trinajstić information content (AvgIpc) is 3.38. The van der Waals surface area contributed by atoms with E-state index >= 15 is 0 Å². The van der Waals surface area contributed by atoms with E-state index in [-0.39, 0.29) is 40.6 Å². The van der Waals surface area contributed by atoms with Crippen LogP contribution in [0.1, 0.15) is 36.5 Å². The molecule has 0 radical (unpaired) electrons. The van der Waals surface area contributed by atoms with Gasteiger partial charge < -0.3 is 0 Å². The largest absolute Gasteiger partial charge is 0.294 e. The van der Waals surface area contributed by atoms with Gasteiger partial charge in [-0.3, -0.25) is 29.4 Å². The molecule has 1 heterocycles. The summed E-state index contributed by atoms with van der Waals surface area (Å²) in [6, 6.07) is 3.93. The third-order valence-corrected chi connectivity index (χ3v) is 6.96. The minimum atomic E-state index is -0.623. The Labute approximate surface area is 149 Å². The highest BCUT2D eigenvalue weighted by Crippen LogP contribution is 2.68. The van der Waals surface area contributed by atoms with Crippen LogP contribution >= 0.6 is 0 Å². The molecular formula is C19H18N2O5. The molecule has 2 bridgehead atoms. The van der Waals surface area contributed by atoms with Gasteiger partial charge in [0.15, 0.2) is 5.78 Å². The second kappa shape index (κ2) is 4.99. The first-order valence-electron chi connectivity index (χ1n) is 9.07. The van der Waals surface area contributed by atoms with E-state index in [0.29, 0.717) is 23.7 Å². The molecule has 0 spiro atoms. The highest BCUT2D eigenvalue weighted by Gasteiger charge is 2.68. The number of nitrogens with zero attached hydrogens (tertiary/aromatic N) is 2. The van der Waals surface area contributed by atoms with Gasteiger partial charge in [-0.15, -0.1) is 0 Å². The van der Waals surface area contributed by atoms with Crippen LogP contribution in [0.2, 0.25) is 0 Å². The molecule has 5 aliphatic rings. The Hall–Kier alpha value is -2.57. The number of carbonyl (C=O) groups excluding carboxylic acids is 3. The minimum absolute atomic E-state index is 0.0752. The quantitative estimate of drug-likeness (QED) is 0.360. The van der Waals surface area contributed by atoms with Crippen molar-refractivity contribution >= 4 is 29.0 Å². The Morgan fingerprint density at radius 1 is 1.08 bits per heavy atom. The van der Waals surface area contributed by atoms with Gasteiger partial charge in [0.05, 0.1) is 28.0 Å². The molecule has 5 fully saturated rings. The van der Waals surface area contributed by atoms with Crippen LogP contribution in [-0.4, -0.2) is 22.5 Å². The van der Waals surface area contributed by atoms with Gasteiger partial charge in [-0.2, -0.15) is 0 Å². The second-order valence-corrected chi connectivity index (χ2v) is 8.05. The number of carbonyl (C=O) groups is 3. The lowest BCUT2D eigenvalue weighted by Crippen LogP contribution is -2.43. The summed E-state index contributed by atoms with van der Waals surface area (Å²) in [6.45, 7) is 1.24. The number of nitro benzene ring substituents is 1. The summed E-state index contributed by atoms with van der Waals surface area (Å²) in [4.78, 5) is 49.7. The number of hydrogen-bond acceptors (Lipinski definition) is 5. The Bertz CT molecular complexity index is 860. The fraction of sp³-hybridized carbons (Fsp3) is 0.526. The fourth-order valence-corrected chi connectivity index (χ4v) is 5.90. The number of ketones is 1. The summed E-state index contributed by atoms with van der Waals surface area (Å²) in [5, 5.41) is 11.1. The molecule has 1 aliphatic heterocycles. The van der Waals surface area contributed by atoms with Crippen LogP contribution in [0.3, 0.4) is 0 Å². The van der Waals surface area contributed by atoms with Gasteiger partial charge >= 0.3 is 0 Å². The molecule has 6 atom stereocenters. The molecule has 1 aromatic rings. The van der Waals surface area contributed by atoms with Gasteiger partial charge in [-0.25, -0.2) is 0 Å². The number of nitro groups is 1. The lowest BCUT2D eigenvalue weighted by atomic mass is 9.59. The van der Waals surface area contributed by atoms with E-state index in [1.807, 2.05) is 0 Å². The lowest BCUT2D eigenvalue weighted by Gasteiger charge is -2.42. The topological polar surface area (TPSA) is 97.6 Å². The SMILES string of the molecule is CC(=O)c1cc(N2C(=O)C3C4CCC(C5CC54)C3C2=O)ccc1[N+](=O)[O-]. The number of Topliss-reactive ketones (excluding diaryl/α,β-unsaturated/α-hetero) is 1. The lowest BCUT2D eigenvalue weighted by molar-refractivity contribution is -0.385. The van der Waals surface area contributed by atoms with Gasteiger partial charge in [0.25, 0.3) is 5.69 Å². The van der Waals surface area contributed by atoms with E-state index in [1.54, 1.807) is 0 Å². The Balaban J connectivity index is 1.56. The fourth-order valence-electron chi connectivity index (χ4n) is 5.90. The number of anilines is 1. The average molecular weight is 354 g/mol. The van der Waals surface area contributed by atoms with Crippen LogP contribution in [0.4, 0.5) is 11.4 Å². The highest BCUT2D eigenvalue weighted by atomic mass is 16.6. The van der Waals surface area contributed by atoms with E-state index in [0.717, 1.165) is 19.3 Å². The number of rotatable bonds is 3. The van der Waals surface area contributed by atoms with Gasteiger partial charge in [0.2, 0.25) is 11.8 Å². The van der Waals surface area contributed by atoms with Crippen LogP contribution in [0.25, 0.3) is 0 Å². The van der Waals surface area contributed by atoms with Gasteiger partial charge in [-0.1, -0.05) is 0 Å². The van der Waals surface area contributed by atoms with Gasteiger partial charge in [-0.05, 0) is 62.0 Å². The van der Waals surface area contributed by atoms with Crippen molar-refractivity contribution in [2.75, 3.05) is 4.90 Å². The van der Waals surface area contributed by atoms with Crippen molar-refractivity contribution in [1.82, 2.24) is 0 Å². The number of amides is 2. The molecule has 7 heteroatoms. The van der Waals surface area contributed by atoms with E-state index in [4.69, 9.17) is 0 Å². The maximum Gasteiger partial charge on any atom is 0.280 e. The molecule has 2 amide bonds. The predicted molar refractivity (Wildman–Crippen MR) is 90.4 cm³/mol. The smallest absolute Gasteiger partial charge is 0.280 e. The minimum Gasteiger partial charge on any atom is -0.294 e. The zero-order valence-corrected chi connectivity index (χ0v) is 14.3. The zero-order chi connectivity index (χ0) is 18.3. The number of benzene rings is 1. The first-order valence-corrected chi connectivity index (χ1v) is 9.07. The van der Waals surface area contributed by atoms with Gasteiger partial charge in [0.1, 0.15) is 0 Å². The molecule has 0 aromatic heterocycles. The van der Waals surface area contributed by atoms with Crippen LogP contribution in [0.15, 0.2) is 18.2 Å². The van der Waals surface area contributed by atoms with E-state index in [2.05, 4.69) is 0 Å². The van der Waals surface area contributed by atoms with Crippen molar-refractivity contribution in [3.05, 3.63) is 33.9 Å². The molecule has 26 heavy (non-hydrogen) atoms. The highest BCUT2D eigenvalue weighted by molar-refractivity contribution is 6.22. The van der Waals surface area contributed by atoms with Crippen molar-refractivity contribution in [2.24, 2.45) is 35.5 Å². The van der Waals surface area contributed by atoms with Crippen molar-refractivity contribution in [3.8, 4) is 0 Å². The van der Waals surface area contributed by atoms with Crippen molar-refractivity contribution in [3.63, 3.8) is 0 Å². The van der Waals surface area contributed by atoms with Crippen LogP contribution in [-0.2, 0) is 9.59 Å². The summed E-state index contributed by atoms with van der Waals surface area (Å²) < 4.78 is 0. The molecule has 0 N–H and O–H groups in total. The monoisotopic (exact) mass is 354 g/mol. The molecule has 6 unspecified atom stereocenters. The molecule has 1 saturated heterocycles. The molecule has 6 rings (SSSR count). The van der Waals surface area contributed by atoms with E-state index in [9.17, 15) is 24.5 Å². The molecule has 7 nitrogen and oxygen atoms in total. The number of imide groups is 1. The maximum atomic E-state index is 13.1. The van der Waals surface area contributed by atoms with E-state index < -0.39 is 10.7 Å². The number of fused-ring (bicyclic) bond motifs is 1. The molecule has 4 aliphatic carbocycles. The summed E-state index contributed by atoms with van der Waals surface area (Å²) in [7, 11) is 0. The second-order valence-electron chi connectivity index (χ2n) is 8.05. The molecule has 134 valence electrons. The third-order valence-electron chi connectivity index (χ3n) is 6.96. The van der Waals surface area contributed by atoms with Crippen LogP contribution in [0, 0.1) is 45.6 Å². The van der Waals surface area contributed by atoms with E-state index in [1.165, 1.54) is 30.0 Å². The standard InChI is InChI=1S/C19H18N2O5/c1-8(22)12-6-9(2-5-15(12)21(25)26)20-18(23)16-10-3-4-11(14-7-13(10)14)17(16)19(20)24/h2,5-6,10-11,13-14,16-17H,3-4,7H2,1H3. The third kappa shape index (κ3) is 1.86. The van der Waals surface area contributed by atoms with Crippen molar-refractivity contribution in [1.29, 1.82) is 0 Å². The van der Waals surface area contributed by atoms with Crippen molar-refractivity contribution in [2.45, 2.75) is 26.2 Å². The Morgan fingerprint density at radius 2 is 1.65 bits per heavy atom. The summed E-state index contributed by atoms with van der Waals surface area (Å²) in [5.74, 6) is 0.432. The normalized spacial score (nSPS) is 36.7. The first kappa shape index (κ1) is 15.7. The number of hydrogen-bond donors (Lipinski definition) is 0. The molecule has 1 aromatic carbocycles. The van der Waals surface area contributed by atoms with Crippen LogP contribution in [0.5, 0.6) is 0 Å². The first-order chi connectivity index (χ1) is 12.4. The zero-order valence-electron chi connectivity index (χ0n) is 14.3. The summed E-state index contributed by atoms with van der Waals surface area (Å²) in [6.07, 6.45) is 3.17. The summed E-state index contributed by atoms with van der Waals surface area (Å²) >= 11 is 0. The van der Waals surface area contributed by atoms with Crippen LogP contribution < -0.4 is 4.90 Å². The Morgan fingerprint density at radius 3 is 2.15 bits per heavy atom. The maximum absolute atomic E-state index is 13.1. The Kier molecular flexibility index (Phi) is 3.01. The summed E-state index contributed by atoms with van der Waals surface area (Å²) in [5.41, 5.74) is -0.105. The van der Waals surface area contributed by atoms with Crippen molar-refractivity contribution < 1.29 is 19.3 Å².